The number of rotatable bonds is 0. The van der Waals surface area contributed by atoms with Crippen molar-refractivity contribution in [3.8, 4) is 0 Å². The van der Waals surface area contributed by atoms with Crippen molar-refractivity contribution >= 4 is 12.0 Å². The van der Waals surface area contributed by atoms with Crippen molar-refractivity contribution in [2.45, 2.75) is 12.1 Å². The molecule has 2 aliphatic rings. The Kier molecular flexibility index (Phi) is 1.45. The van der Waals surface area contributed by atoms with Crippen LogP contribution < -0.4 is 5.32 Å². The fourth-order valence-corrected chi connectivity index (χ4v) is 2.15. The van der Waals surface area contributed by atoms with Crippen LogP contribution in [-0.4, -0.2) is 23.7 Å². The summed E-state index contributed by atoms with van der Waals surface area (Å²) in [4.78, 5) is 15.6. The molecular formula is C10H10N3O+. The molecule has 1 aromatic carbocycles. The lowest BCUT2D eigenvalue weighted by molar-refractivity contribution is -0.479. The zero-order chi connectivity index (χ0) is 9.54. The maximum absolute atomic E-state index is 11.6. The van der Waals surface area contributed by atoms with E-state index in [0.717, 1.165) is 16.0 Å². The number of benzene rings is 1. The van der Waals surface area contributed by atoms with E-state index in [1.165, 1.54) is 6.34 Å². The number of nitroso groups, excluding NO2 is 1. The SMILES string of the molecule is O=[N+]1C=NCC2Nc3ccccc3C21. The van der Waals surface area contributed by atoms with Crippen LogP contribution >= 0.6 is 0 Å². The second-order valence-electron chi connectivity index (χ2n) is 3.62. The Morgan fingerprint density at radius 1 is 1.43 bits per heavy atom. The van der Waals surface area contributed by atoms with E-state index in [9.17, 15) is 4.91 Å². The molecule has 0 amide bonds. The first-order valence-electron chi connectivity index (χ1n) is 4.67. The summed E-state index contributed by atoms with van der Waals surface area (Å²) in [5.41, 5.74) is 2.15. The van der Waals surface area contributed by atoms with Gasteiger partial charge in [-0.25, -0.2) is 0 Å². The number of fused-ring (bicyclic) bond motifs is 3. The molecule has 0 spiro atoms. The molecule has 0 fully saturated rings. The molecule has 4 heteroatoms. The van der Waals surface area contributed by atoms with Gasteiger partial charge in [-0.2, -0.15) is 0 Å². The van der Waals surface area contributed by atoms with Crippen LogP contribution in [0.2, 0.25) is 0 Å². The van der Waals surface area contributed by atoms with E-state index in [4.69, 9.17) is 0 Å². The van der Waals surface area contributed by atoms with Crippen LogP contribution in [0, 0.1) is 4.91 Å². The quantitative estimate of drug-likeness (QED) is 0.624. The summed E-state index contributed by atoms with van der Waals surface area (Å²) in [6.07, 6.45) is 1.38. The Labute approximate surface area is 81.2 Å². The Morgan fingerprint density at radius 2 is 2.29 bits per heavy atom. The number of hydrogen-bond donors (Lipinski definition) is 1. The fraction of sp³-hybridized carbons (Fsp3) is 0.300. The smallest absolute Gasteiger partial charge is 0.319 e. The van der Waals surface area contributed by atoms with Gasteiger partial charge < -0.3 is 5.32 Å². The molecule has 2 unspecified atom stereocenters. The molecule has 0 aromatic heterocycles. The van der Waals surface area contributed by atoms with Crippen LogP contribution in [0.25, 0.3) is 0 Å². The lowest BCUT2D eigenvalue weighted by Crippen LogP contribution is -2.34. The number of nitrogens with one attached hydrogen (secondary N) is 1. The summed E-state index contributed by atoms with van der Waals surface area (Å²) >= 11 is 0. The molecule has 2 heterocycles. The highest BCUT2D eigenvalue weighted by Gasteiger charge is 2.42. The summed E-state index contributed by atoms with van der Waals surface area (Å²) in [6.45, 7) is 0.679. The molecule has 4 nitrogen and oxygen atoms in total. The van der Waals surface area contributed by atoms with E-state index in [-0.39, 0.29) is 12.1 Å². The minimum atomic E-state index is -0.0938. The molecule has 0 aliphatic carbocycles. The van der Waals surface area contributed by atoms with Crippen molar-refractivity contribution in [3.05, 3.63) is 34.7 Å². The minimum absolute atomic E-state index is 0.0938. The standard InChI is InChI=1S/C10H10N3O/c14-13-6-11-5-9-10(13)7-3-1-2-4-8(7)12-9/h1-4,6,9-10,12H,5H2/q+1. The molecule has 3 rings (SSSR count). The van der Waals surface area contributed by atoms with Gasteiger partial charge in [0.1, 0.15) is 6.04 Å². The van der Waals surface area contributed by atoms with Gasteiger partial charge in [0.25, 0.3) is 0 Å². The third-order valence-electron chi connectivity index (χ3n) is 2.77. The Morgan fingerprint density at radius 3 is 3.21 bits per heavy atom. The summed E-state index contributed by atoms with van der Waals surface area (Å²) in [6, 6.07) is 7.97. The molecule has 1 aromatic rings. The highest BCUT2D eigenvalue weighted by Crippen LogP contribution is 2.36. The van der Waals surface area contributed by atoms with Crippen LogP contribution in [0.15, 0.2) is 29.3 Å². The third kappa shape index (κ3) is 0.907. The minimum Gasteiger partial charge on any atom is -0.374 e. The van der Waals surface area contributed by atoms with Crippen molar-refractivity contribution in [1.82, 2.24) is 0 Å². The summed E-state index contributed by atoms with van der Waals surface area (Å²) in [5.74, 6) is 0. The predicted octanol–water partition coefficient (Wildman–Crippen LogP) is 1.34. The summed E-state index contributed by atoms with van der Waals surface area (Å²) in [7, 11) is 0. The Bertz CT molecular complexity index is 427. The molecule has 0 saturated carbocycles. The topological polar surface area (TPSA) is 44.5 Å². The summed E-state index contributed by atoms with van der Waals surface area (Å²) < 4.78 is 0.938. The average Bonchev–Trinajstić information content (AvgIpc) is 2.57. The van der Waals surface area contributed by atoms with E-state index >= 15 is 0 Å². The fourth-order valence-electron chi connectivity index (χ4n) is 2.15. The lowest BCUT2D eigenvalue weighted by atomic mass is 10.0. The highest BCUT2D eigenvalue weighted by atomic mass is 16.3. The second kappa shape index (κ2) is 2.64. The molecule has 1 N–H and O–H groups in total. The monoisotopic (exact) mass is 188 g/mol. The van der Waals surface area contributed by atoms with E-state index < -0.39 is 0 Å². The first-order valence-corrected chi connectivity index (χ1v) is 4.67. The average molecular weight is 188 g/mol. The van der Waals surface area contributed by atoms with Crippen molar-refractivity contribution in [3.63, 3.8) is 0 Å². The zero-order valence-electron chi connectivity index (χ0n) is 7.55. The molecule has 0 radical (unpaired) electrons. The van der Waals surface area contributed by atoms with E-state index in [1.54, 1.807) is 0 Å². The Hall–Kier alpha value is -1.71. The normalized spacial score (nSPS) is 28.1. The Balaban J connectivity index is 2.12. The van der Waals surface area contributed by atoms with Gasteiger partial charge >= 0.3 is 6.34 Å². The van der Waals surface area contributed by atoms with Gasteiger partial charge in [-0.3, -0.25) is 0 Å². The van der Waals surface area contributed by atoms with Crippen LogP contribution in [0.4, 0.5) is 5.69 Å². The third-order valence-corrected chi connectivity index (χ3v) is 2.77. The van der Waals surface area contributed by atoms with Crippen LogP contribution in [0.5, 0.6) is 0 Å². The van der Waals surface area contributed by atoms with Crippen LogP contribution in [-0.2, 0) is 0 Å². The maximum atomic E-state index is 11.6. The number of anilines is 1. The van der Waals surface area contributed by atoms with E-state index in [1.807, 2.05) is 24.3 Å². The first-order chi connectivity index (χ1) is 6.86. The van der Waals surface area contributed by atoms with Gasteiger partial charge in [0.05, 0.1) is 0 Å². The van der Waals surface area contributed by atoms with Crippen LogP contribution in [0.3, 0.4) is 0 Å². The second-order valence-corrected chi connectivity index (χ2v) is 3.62. The number of hydrogen-bond acceptors (Lipinski definition) is 3. The van der Waals surface area contributed by atoms with Crippen molar-refractivity contribution in [2.24, 2.45) is 4.99 Å². The predicted molar refractivity (Wildman–Crippen MR) is 53.6 cm³/mol. The van der Waals surface area contributed by atoms with Gasteiger partial charge in [-0.05, 0) is 10.8 Å². The van der Waals surface area contributed by atoms with Gasteiger partial charge in [0.2, 0.25) is 0 Å². The number of nitrogens with zero attached hydrogens (tertiary/aromatic N) is 2. The van der Waals surface area contributed by atoms with Crippen molar-refractivity contribution in [2.75, 3.05) is 11.9 Å². The van der Waals surface area contributed by atoms with E-state index in [0.29, 0.717) is 6.54 Å². The van der Waals surface area contributed by atoms with E-state index in [2.05, 4.69) is 10.3 Å². The molecule has 70 valence electrons. The van der Waals surface area contributed by atoms with Crippen molar-refractivity contribution < 1.29 is 4.76 Å². The first kappa shape index (κ1) is 7.67. The number of aliphatic imine (C=N–C) groups is 1. The largest absolute Gasteiger partial charge is 0.374 e. The molecule has 2 atom stereocenters. The zero-order valence-corrected chi connectivity index (χ0v) is 7.55. The molecule has 0 saturated heterocycles. The maximum Gasteiger partial charge on any atom is 0.319 e. The van der Waals surface area contributed by atoms with Gasteiger partial charge in [0, 0.05) is 11.3 Å². The van der Waals surface area contributed by atoms with Gasteiger partial charge in [0.15, 0.2) is 12.6 Å². The molecule has 0 bridgehead atoms. The molecule has 2 aliphatic heterocycles. The van der Waals surface area contributed by atoms with Gasteiger partial charge in [-0.1, -0.05) is 28.1 Å². The molecule has 14 heavy (non-hydrogen) atoms. The van der Waals surface area contributed by atoms with Crippen molar-refractivity contribution in [1.29, 1.82) is 0 Å². The van der Waals surface area contributed by atoms with Crippen LogP contribution in [0.1, 0.15) is 11.6 Å². The number of para-hydroxylation sites is 1. The summed E-state index contributed by atoms with van der Waals surface area (Å²) in [5, 5.41) is 3.31. The van der Waals surface area contributed by atoms with Gasteiger partial charge in [-0.15, -0.1) is 0 Å². The lowest BCUT2D eigenvalue weighted by Gasteiger charge is -2.13. The molecular weight excluding hydrogens is 178 g/mol. The highest BCUT2D eigenvalue weighted by molar-refractivity contribution is 5.60.